The van der Waals surface area contributed by atoms with Gasteiger partial charge in [0.25, 0.3) is 0 Å². The molecule has 0 unspecified atom stereocenters. The Hall–Kier alpha value is -3.09. The van der Waals surface area contributed by atoms with Crippen molar-refractivity contribution in [1.82, 2.24) is 4.98 Å². The second-order valence-electron chi connectivity index (χ2n) is 4.41. The summed E-state index contributed by atoms with van der Waals surface area (Å²) >= 11 is 5.83. The molecule has 114 valence electrons. The summed E-state index contributed by atoms with van der Waals surface area (Å²) in [6.07, 6.45) is 2.25. The Morgan fingerprint density at radius 3 is 2.52 bits per heavy atom. The number of hydrogen-bond donors (Lipinski definition) is 1. The summed E-state index contributed by atoms with van der Waals surface area (Å²) in [6.45, 7) is 0.493. The first kappa shape index (κ1) is 16.3. The molecule has 6 nitrogen and oxygen atoms in total. The number of nitrogens with one attached hydrogen (secondary N) is 1. The summed E-state index contributed by atoms with van der Waals surface area (Å²) in [5.74, 6) is 0.481. The predicted molar refractivity (Wildman–Crippen MR) is 87.2 cm³/mol. The highest BCUT2D eigenvalue weighted by Crippen LogP contribution is 2.13. The number of nitrogens with zero attached hydrogens (tertiary/aromatic N) is 4. The molecule has 0 saturated heterocycles. The molecule has 0 radical (unpaired) electrons. The molecule has 0 amide bonds. The highest BCUT2D eigenvalue weighted by atomic mass is 35.5. The summed E-state index contributed by atoms with van der Waals surface area (Å²) in [5, 5.41) is 21.5. The van der Waals surface area contributed by atoms with Crippen molar-refractivity contribution in [2.75, 3.05) is 12.0 Å². The van der Waals surface area contributed by atoms with Gasteiger partial charge in [-0.3, -0.25) is 5.43 Å². The minimum absolute atomic E-state index is 0.256. The average molecular weight is 326 g/mol. The molecule has 0 fully saturated rings. The van der Waals surface area contributed by atoms with E-state index in [-0.39, 0.29) is 5.71 Å². The molecule has 7 heteroatoms. The third-order valence-corrected chi connectivity index (χ3v) is 3.05. The molecule has 0 saturated carbocycles. The van der Waals surface area contributed by atoms with Gasteiger partial charge >= 0.3 is 0 Å². The molecule has 0 aliphatic carbocycles. The Morgan fingerprint density at radius 2 is 1.91 bits per heavy atom. The van der Waals surface area contributed by atoms with Crippen molar-refractivity contribution < 1.29 is 4.74 Å². The Morgan fingerprint density at radius 1 is 1.17 bits per heavy atom. The van der Waals surface area contributed by atoms with Crippen LogP contribution >= 0.6 is 11.6 Å². The van der Waals surface area contributed by atoms with Gasteiger partial charge in [0.05, 0.1) is 18.5 Å². The average Bonchev–Trinajstić information content (AvgIpc) is 2.59. The van der Waals surface area contributed by atoms with Crippen molar-refractivity contribution >= 4 is 23.0 Å². The van der Waals surface area contributed by atoms with Gasteiger partial charge in [0.2, 0.25) is 11.6 Å². The number of ether oxygens (including phenoxy) is 1. The zero-order valence-corrected chi connectivity index (χ0v) is 12.8. The molecule has 1 aromatic heterocycles. The van der Waals surface area contributed by atoms with Crippen LogP contribution in [-0.2, 0) is 6.42 Å². The lowest BCUT2D eigenvalue weighted by Gasteiger charge is -2.06. The lowest BCUT2D eigenvalue weighted by atomic mass is 10.2. The molecule has 0 atom stereocenters. The maximum Gasteiger partial charge on any atom is 0.237 e. The molecule has 1 N–H and O–H groups in total. The third kappa shape index (κ3) is 5.31. The lowest BCUT2D eigenvalue weighted by molar-refractivity contribution is 0.309. The van der Waals surface area contributed by atoms with E-state index in [0.717, 1.165) is 12.0 Å². The Bertz CT molecular complexity index is 741. The second-order valence-corrected chi connectivity index (χ2v) is 4.84. The molecule has 2 aromatic rings. The normalized spacial score (nSPS) is 9.35. The lowest BCUT2D eigenvalue weighted by Crippen LogP contribution is -2.03. The fourth-order valence-electron chi connectivity index (χ4n) is 1.65. The standard InChI is InChI=1S/C16H12ClN5O/c17-13-3-1-12(2-4-13)7-8-23-16-6-5-14(11-20-16)21-22-15(9-18)10-19/h1-6,11,21H,7-8H2. The van der Waals surface area contributed by atoms with Crippen LogP contribution < -0.4 is 10.2 Å². The van der Waals surface area contributed by atoms with Crippen molar-refractivity contribution in [2.45, 2.75) is 6.42 Å². The van der Waals surface area contributed by atoms with Gasteiger partial charge in [0, 0.05) is 17.5 Å². The van der Waals surface area contributed by atoms with Crippen LogP contribution in [0.25, 0.3) is 0 Å². The quantitative estimate of drug-likeness (QED) is 0.650. The van der Waals surface area contributed by atoms with Gasteiger partial charge in [0.1, 0.15) is 12.1 Å². The zero-order chi connectivity index (χ0) is 16.5. The van der Waals surface area contributed by atoms with Gasteiger partial charge in [-0.25, -0.2) is 4.98 Å². The van der Waals surface area contributed by atoms with Crippen LogP contribution in [0.3, 0.4) is 0 Å². The monoisotopic (exact) mass is 325 g/mol. The van der Waals surface area contributed by atoms with Crippen LogP contribution in [0, 0.1) is 22.7 Å². The summed E-state index contributed by atoms with van der Waals surface area (Å²) in [5.41, 5.74) is 4.00. The van der Waals surface area contributed by atoms with Crippen molar-refractivity contribution in [3.05, 3.63) is 53.2 Å². The van der Waals surface area contributed by atoms with Crippen molar-refractivity contribution in [2.24, 2.45) is 5.10 Å². The summed E-state index contributed by atoms with van der Waals surface area (Å²) in [4.78, 5) is 4.11. The minimum atomic E-state index is -0.256. The first-order valence-electron chi connectivity index (χ1n) is 6.68. The summed E-state index contributed by atoms with van der Waals surface area (Å²) in [7, 11) is 0. The fraction of sp³-hybridized carbons (Fsp3) is 0.125. The molecule has 0 aliphatic heterocycles. The largest absolute Gasteiger partial charge is 0.477 e. The molecule has 23 heavy (non-hydrogen) atoms. The predicted octanol–water partition coefficient (Wildman–Crippen LogP) is 3.17. The molecule has 0 bridgehead atoms. The van der Waals surface area contributed by atoms with Gasteiger partial charge < -0.3 is 4.74 Å². The highest BCUT2D eigenvalue weighted by Gasteiger charge is 1.99. The summed E-state index contributed by atoms with van der Waals surface area (Å²) in [6, 6.07) is 14.3. The second kappa shape index (κ2) is 8.38. The maximum absolute atomic E-state index is 8.57. The molecular formula is C16H12ClN5O. The number of halogens is 1. The topological polar surface area (TPSA) is 94.1 Å². The van der Waals surface area contributed by atoms with Crippen LogP contribution in [-0.4, -0.2) is 17.3 Å². The number of aromatic nitrogens is 1. The third-order valence-electron chi connectivity index (χ3n) is 2.80. The number of nitriles is 2. The molecule has 0 spiro atoms. The van der Waals surface area contributed by atoms with Crippen LogP contribution in [0.4, 0.5) is 5.69 Å². The fourth-order valence-corrected chi connectivity index (χ4v) is 1.78. The van der Waals surface area contributed by atoms with E-state index in [1.807, 2.05) is 24.3 Å². The van der Waals surface area contributed by atoms with Gasteiger partial charge in [0.15, 0.2) is 0 Å². The number of benzene rings is 1. The van der Waals surface area contributed by atoms with Gasteiger partial charge in [-0.15, -0.1) is 0 Å². The van der Waals surface area contributed by atoms with E-state index in [1.54, 1.807) is 24.3 Å². The number of anilines is 1. The Labute approximate surface area is 138 Å². The van der Waals surface area contributed by atoms with Crippen LogP contribution in [0.2, 0.25) is 5.02 Å². The molecular weight excluding hydrogens is 314 g/mol. The van der Waals surface area contributed by atoms with Crippen LogP contribution in [0.5, 0.6) is 5.88 Å². The smallest absolute Gasteiger partial charge is 0.237 e. The van der Waals surface area contributed by atoms with E-state index < -0.39 is 0 Å². The van der Waals surface area contributed by atoms with E-state index in [2.05, 4.69) is 15.5 Å². The van der Waals surface area contributed by atoms with Crippen molar-refractivity contribution in [1.29, 1.82) is 10.5 Å². The molecule has 1 heterocycles. The molecule has 1 aromatic carbocycles. The highest BCUT2D eigenvalue weighted by molar-refractivity contribution is 6.30. The van der Waals surface area contributed by atoms with E-state index >= 15 is 0 Å². The van der Waals surface area contributed by atoms with E-state index in [4.69, 9.17) is 26.9 Å². The Balaban J connectivity index is 1.83. The number of hydrazone groups is 1. The number of hydrogen-bond acceptors (Lipinski definition) is 6. The first-order valence-corrected chi connectivity index (χ1v) is 7.06. The van der Waals surface area contributed by atoms with E-state index in [0.29, 0.717) is 23.2 Å². The summed E-state index contributed by atoms with van der Waals surface area (Å²) < 4.78 is 5.55. The molecule has 0 aliphatic rings. The zero-order valence-electron chi connectivity index (χ0n) is 12.0. The maximum atomic E-state index is 8.57. The SMILES string of the molecule is N#CC(C#N)=NNc1ccc(OCCc2ccc(Cl)cc2)nc1. The molecule has 2 rings (SSSR count). The number of rotatable bonds is 6. The van der Waals surface area contributed by atoms with E-state index in [9.17, 15) is 0 Å². The Kier molecular flexibility index (Phi) is 5.93. The van der Waals surface area contributed by atoms with E-state index in [1.165, 1.54) is 6.20 Å². The van der Waals surface area contributed by atoms with Gasteiger partial charge in [-0.05, 0) is 23.8 Å². The van der Waals surface area contributed by atoms with Crippen LogP contribution in [0.15, 0.2) is 47.7 Å². The minimum Gasteiger partial charge on any atom is -0.477 e. The number of pyridine rings is 1. The first-order chi connectivity index (χ1) is 11.2. The van der Waals surface area contributed by atoms with Crippen molar-refractivity contribution in [3.63, 3.8) is 0 Å². The van der Waals surface area contributed by atoms with Crippen molar-refractivity contribution in [3.8, 4) is 18.0 Å². The van der Waals surface area contributed by atoms with Gasteiger partial charge in [-0.1, -0.05) is 23.7 Å². The van der Waals surface area contributed by atoms with Crippen LogP contribution in [0.1, 0.15) is 5.56 Å². The van der Waals surface area contributed by atoms with Gasteiger partial charge in [-0.2, -0.15) is 15.6 Å².